The van der Waals surface area contributed by atoms with E-state index in [1.807, 2.05) is 0 Å². The molecule has 2 atom stereocenters. The van der Waals surface area contributed by atoms with Crippen molar-refractivity contribution in [3.05, 3.63) is 18.2 Å². The number of hydrogen-bond acceptors (Lipinski definition) is 7. The van der Waals surface area contributed by atoms with E-state index >= 15 is 0 Å². The maximum atomic E-state index is 13.2. The number of nitrogens with zero attached hydrogens (tertiary/aromatic N) is 1. The molecule has 4 rings (SSSR count). The summed E-state index contributed by atoms with van der Waals surface area (Å²) in [5, 5.41) is 2.90. The summed E-state index contributed by atoms with van der Waals surface area (Å²) in [4.78, 5) is 25.1. The highest BCUT2D eigenvalue weighted by Crippen LogP contribution is 2.35. The number of fused-ring (bicyclic) bond motifs is 1. The molecule has 9 nitrogen and oxygen atoms in total. The van der Waals surface area contributed by atoms with Gasteiger partial charge in [-0.15, -0.1) is 0 Å². The van der Waals surface area contributed by atoms with Crippen LogP contribution in [-0.4, -0.2) is 62.5 Å². The average Bonchev–Trinajstić information content (AvgIpc) is 3.45. The first-order valence-corrected chi connectivity index (χ1v) is 12.2. The number of carbonyl (C=O) groups excluding carboxylic acids is 2. The minimum atomic E-state index is -3.94. The quantitative estimate of drug-likeness (QED) is 0.653. The zero-order valence-electron chi connectivity index (χ0n) is 17.5. The Kier molecular flexibility index (Phi) is 6.38. The molecule has 1 saturated heterocycles. The molecule has 1 amide bonds. The average molecular weight is 453 g/mol. The van der Waals surface area contributed by atoms with Crippen LogP contribution in [0.5, 0.6) is 11.5 Å². The summed E-state index contributed by atoms with van der Waals surface area (Å²) in [6, 6.07) is 3.58. The number of rotatable bonds is 6. The number of hydrogen-bond donors (Lipinski definition) is 1. The van der Waals surface area contributed by atoms with Gasteiger partial charge in [-0.1, -0.05) is 12.8 Å². The fourth-order valence-corrected chi connectivity index (χ4v) is 5.94. The Morgan fingerprint density at radius 1 is 1.10 bits per heavy atom. The van der Waals surface area contributed by atoms with E-state index in [0.717, 1.165) is 30.0 Å². The summed E-state index contributed by atoms with van der Waals surface area (Å²) in [6.45, 7) is 2.47. The second-order valence-corrected chi connectivity index (χ2v) is 10.0. The predicted octanol–water partition coefficient (Wildman–Crippen LogP) is 1.60. The molecule has 3 aliphatic rings. The second kappa shape index (κ2) is 9.04. The van der Waals surface area contributed by atoms with Crippen LogP contribution in [0.2, 0.25) is 0 Å². The number of sulfonamides is 1. The second-order valence-electron chi connectivity index (χ2n) is 8.15. The van der Waals surface area contributed by atoms with Crippen LogP contribution >= 0.6 is 0 Å². The van der Waals surface area contributed by atoms with Crippen molar-refractivity contribution in [3.8, 4) is 11.5 Å². The number of ether oxygens (including phenoxy) is 3. The van der Waals surface area contributed by atoms with Gasteiger partial charge in [0.15, 0.2) is 17.6 Å². The number of esters is 1. The first kappa shape index (κ1) is 21.9. The molecule has 0 bridgehead atoms. The zero-order valence-corrected chi connectivity index (χ0v) is 18.4. The van der Waals surface area contributed by atoms with Crippen molar-refractivity contribution in [2.24, 2.45) is 0 Å². The molecular weight excluding hydrogens is 424 g/mol. The normalized spacial score (nSPS) is 22.8. The van der Waals surface area contributed by atoms with Gasteiger partial charge in [-0.05, 0) is 44.7 Å². The lowest BCUT2D eigenvalue weighted by Crippen LogP contribution is -2.45. The minimum Gasteiger partial charge on any atom is -0.486 e. The monoisotopic (exact) mass is 452 g/mol. The van der Waals surface area contributed by atoms with Gasteiger partial charge < -0.3 is 19.5 Å². The first-order chi connectivity index (χ1) is 14.9. The predicted molar refractivity (Wildman–Crippen MR) is 110 cm³/mol. The highest BCUT2D eigenvalue weighted by atomic mass is 32.2. The Morgan fingerprint density at radius 3 is 2.55 bits per heavy atom. The smallest absolute Gasteiger partial charge is 0.325 e. The Hall–Kier alpha value is -2.33. The van der Waals surface area contributed by atoms with Crippen molar-refractivity contribution < 1.29 is 32.2 Å². The van der Waals surface area contributed by atoms with E-state index in [1.54, 1.807) is 6.07 Å². The van der Waals surface area contributed by atoms with Crippen LogP contribution < -0.4 is 14.8 Å². The van der Waals surface area contributed by atoms with Crippen LogP contribution in [0.25, 0.3) is 0 Å². The highest BCUT2D eigenvalue weighted by molar-refractivity contribution is 7.89. The molecule has 2 heterocycles. The van der Waals surface area contributed by atoms with Crippen molar-refractivity contribution in [1.82, 2.24) is 9.62 Å². The summed E-state index contributed by atoms with van der Waals surface area (Å²) in [6.07, 6.45) is 3.91. The molecule has 1 saturated carbocycles. The Bertz CT molecular complexity index is 943. The molecule has 1 aromatic carbocycles. The van der Waals surface area contributed by atoms with E-state index < -0.39 is 28.1 Å². The molecule has 0 spiro atoms. The topological polar surface area (TPSA) is 111 Å². The van der Waals surface area contributed by atoms with Crippen LogP contribution in [0.15, 0.2) is 23.1 Å². The standard InChI is InChI=1S/C21H28N2O7S/c1-14(20(24)22-15-5-2-3-6-15)30-21(25)17-7-4-10-23(17)31(26,27)16-8-9-18-19(13-16)29-12-11-28-18/h8-9,13-15,17H,2-7,10-12H2,1H3,(H,22,24)/t14-,17-/m1/s1. The first-order valence-electron chi connectivity index (χ1n) is 10.8. The van der Waals surface area contributed by atoms with E-state index in [2.05, 4.69) is 5.32 Å². The Morgan fingerprint density at radius 2 is 1.81 bits per heavy atom. The van der Waals surface area contributed by atoms with Crippen molar-refractivity contribution in [3.63, 3.8) is 0 Å². The van der Waals surface area contributed by atoms with Crippen LogP contribution in [0.3, 0.4) is 0 Å². The summed E-state index contributed by atoms with van der Waals surface area (Å²) in [5.41, 5.74) is 0. The summed E-state index contributed by atoms with van der Waals surface area (Å²) < 4.78 is 43.9. The van der Waals surface area contributed by atoms with Gasteiger partial charge >= 0.3 is 5.97 Å². The van der Waals surface area contributed by atoms with E-state index in [9.17, 15) is 18.0 Å². The lowest BCUT2D eigenvalue weighted by molar-refractivity contribution is -0.158. The summed E-state index contributed by atoms with van der Waals surface area (Å²) >= 11 is 0. The summed E-state index contributed by atoms with van der Waals surface area (Å²) in [5.74, 6) is -0.195. The third-order valence-electron chi connectivity index (χ3n) is 5.96. The Labute approximate surface area is 182 Å². The molecular formula is C21H28N2O7S. The number of amides is 1. The van der Waals surface area contributed by atoms with Gasteiger partial charge in [0, 0.05) is 18.7 Å². The molecule has 10 heteroatoms. The van der Waals surface area contributed by atoms with Gasteiger partial charge in [0.05, 0.1) is 4.90 Å². The summed E-state index contributed by atoms with van der Waals surface area (Å²) in [7, 11) is -3.94. The van der Waals surface area contributed by atoms with Gasteiger partial charge in [0.1, 0.15) is 19.3 Å². The van der Waals surface area contributed by atoms with Gasteiger partial charge in [-0.25, -0.2) is 8.42 Å². The van der Waals surface area contributed by atoms with Crippen molar-refractivity contribution in [2.75, 3.05) is 19.8 Å². The van der Waals surface area contributed by atoms with E-state index in [-0.39, 0.29) is 23.4 Å². The Balaban J connectivity index is 1.44. The fourth-order valence-electron chi connectivity index (χ4n) is 4.28. The number of nitrogens with one attached hydrogen (secondary N) is 1. The molecule has 0 radical (unpaired) electrons. The third-order valence-corrected chi connectivity index (χ3v) is 7.86. The van der Waals surface area contributed by atoms with Crippen molar-refractivity contribution >= 4 is 21.9 Å². The van der Waals surface area contributed by atoms with Crippen LogP contribution in [0, 0.1) is 0 Å². The van der Waals surface area contributed by atoms with Crippen molar-refractivity contribution in [2.45, 2.75) is 68.5 Å². The molecule has 1 aliphatic carbocycles. The molecule has 170 valence electrons. The van der Waals surface area contributed by atoms with Gasteiger partial charge in [0.25, 0.3) is 5.91 Å². The maximum absolute atomic E-state index is 13.2. The van der Waals surface area contributed by atoms with Crippen LogP contribution in [0.1, 0.15) is 45.4 Å². The van der Waals surface area contributed by atoms with Gasteiger partial charge in [0.2, 0.25) is 10.0 Å². The van der Waals surface area contributed by atoms with E-state index in [0.29, 0.717) is 37.6 Å². The molecule has 0 unspecified atom stereocenters. The lowest BCUT2D eigenvalue weighted by atomic mass is 10.2. The fraction of sp³-hybridized carbons (Fsp3) is 0.619. The van der Waals surface area contributed by atoms with Gasteiger partial charge in [-0.2, -0.15) is 4.31 Å². The SMILES string of the molecule is C[C@@H](OC(=O)[C@H]1CCCN1S(=O)(=O)c1ccc2c(c1)OCCO2)C(=O)NC1CCCC1. The molecule has 31 heavy (non-hydrogen) atoms. The molecule has 1 aromatic rings. The molecule has 2 aliphatic heterocycles. The van der Waals surface area contributed by atoms with E-state index in [4.69, 9.17) is 14.2 Å². The lowest BCUT2D eigenvalue weighted by Gasteiger charge is -2.25. The van der Waals surface area contributed by atoms with E-state index in [1.165, 1.54) is 19.1 Å². The van der Waals surface area contributed by atoms with Gasteiger partial charge in [-0.3, -0.25) is 9.59 Å². The molecule has 2 fully saturated rings. The largest absolute Gasteiger partial charge is 0.486 e. The highest BCUT2D eigenvalue weighted by Gasteiger charge is 2.41. The third kappa shape index (κ3) is 4.64. The molecule has 1 N–H and O–H groups in total. The maximum Gasteiger partial charge on any atom is 0.325 e. The zero-order chi connectivity index (χ0) is 22.0. The minimum absolute atomic E-state index is 0.0310. The van der Waals surface area contributed by atoms with Crippen molar-refractivity contribution in [1.29, 1.82) is 0 Å². The molecule has 0 aromatic heterocycles. The number of benzene rings is 1. The van der Waals surface area contributed by atoms with Crippen LogP contribution in [-0.2, 0) is 24.3 Å². The van der Waals surface area contributed by atoms with Crippen LogP contribution in [0.4, 0.5) is 0 Å². The number of carbonyl (C=O) groups is 2.